The lowest BCUT2D eigenvalue weighted by molar-refractivity contribution is 0.0734. The Bertz CT molecular complexity index is 957. The Hall–Kier alpha value is -2.18. The smallest absolute Gasteiger partial charge is 0.343 e. The predicted octanol–water partition coefficient (Wildman–Crippen LogP) is 4.19. The van der Waals surface area contributed by atoms with Crippen molar-refractivity contribution >= 4 is 16.0 Å². The maximum absolute atomic E-state index is 12.9. The van der Waals surface area contributed by atoms with Crippen molar-refractivity contribution in [3.8, 4) is 5.75 Å². The molecule has 2 atom stereocenters. The van der Waals surface area contributed by atoms with Gasteiger partial charge in [-0.15, -0.1) is 0 Å². The van der Waals surface area contributed by atoms with Crippen LogP contribution in [0.2, 0.25) is 0 Å². The lowest BCUT2D eigenvalue weighted by Crippen LogP contribution is -2.42. The molecule has 1 heterocycles. The van der Waals surface area contributed by atoms with Gasteiger partial charge in [-0.05, 0) is 79.6 Å². The summed E-state index contributed by atoms with van der Waals surface area (Å²) in [5.74, 6) is 0.644. The molecule has 0 amide bonds. The zero-order valence-corrected chi connectivity index (χ0v) is 17.6. The molecule has 0 N–H and O–H groups in total. The second kappa shape index (κ2) is 8.05. The molecule has 2 aromatic rings. The quantitative estimate of drug-likeness (QED) is 0.569. The van der Waals surface area contributed by atoms with Crippen LogP contribution in [0.5, 0.6) is 5.75 Å². The molecule has 2 aromatic carbocycles. The number of carbonyl (C=O) groups is 1. The molecule has 1 aliphatic heterocycles. The van der Waals surface area contributed by atoms with Gasteiger partial charge in [0.1, 0.15) is 5.75 Å². The van der Waals surface area contributed by atoms with E-state index >= 15 is 0 Å². The van der Waals surface area contributed by atoms with Crippen LogP contribution in [0.15, 0.2) is 47.4 Å². The fourth-order valence-electron chi connectivity index (χ4n) is 3.66. The van der Waals surface area contributed by atoms with Gasteiger partial charge in [0.05, 0.1) is 10.5 Å². The standard InChI is InChI=1S/C22H27NO4S/c1-15-11-16(2)14-23(13-15)28(25,26)21-9-6-19(7-10-21)22(24)27-20-8-5-17(3)18(4)12-20/h5-10,12,15-16H,11,13-14H2,1-4H3/t15-,16-/m1/s1. The summed E-state index contributed by atoms with van der Waals surface area (Å²) in [5, 5.41) is 0. The first-order chi connectivity index (χ1) is 13.2. The summed E-state index contributed by atoms with van der Waals surface area (Å²) in [4.78, 5) is 12.6. The minimum absolute atomic E-state index is 0.205. The van der Waals surface area contributed by atoms with Crippen LogP contribution in [0, 0.1) is 25.7 Å². The number of benzene rings is 2. The molecule has 28 heavy (non-hydrogen) atoms. The van der Waals surface area contributed by atoms with Gasteiger partial charge in [-0.1, -0.05) is 19.9 Å². The number of aryl methyl sites for hydroxylation is 2. The zero-order valence-electron chi connectivity index (χ0n) is 16.8. The highest BCUT2D eigenvalue weighted by atomic mass is 32.2. The molecule has 0 aromatic heterocycles. The second-order valence-corrected chi connectivity index (χ2v) is 9.87. The number of esters is 1. The highest BCUT2D eigenvalue weighted by molar-refractivity contribution is 7.89. The van der Waals surface area contributed by atoms with Crippen LogP contribution in [-0.2, 0) is 10.0 Å². The summed E-state index contributed by atoms with van der Waals surface area (Å²) >= 11 is 0. The van der Waals surface area contributed by atoms with Gasteiger partial charge in [0, 0.05) is 13.1 Å². The first-order valence-electron chi connectivity index (χ1n) is 9.56. The van der Waals surface area contributed by atoms with E-state index in [1.54, 1.807) is 10.4 Å². The number of hydrogen-bond donors (Lipinski definition) is 0. The number of sulfonamides is 1. The molecule has 1 fully saturated rings. The van der Waals surface area contributed by atoms with Crippen molar-refractivity contribution in [2.45, 2.75) is 39.0 Å². The lowest BCUT2D eigenvalue weighted by Gasteiger charge is -2.34. The summed E-state index contributed by atoms with van der Waals surface area (Å²) in [7, 11) is -3.56. The minimum Gasteiger partial charge on any atom is -0.423 e. The molecular formula is C22H27NO4S. The fraction of sp³-hybridized carbons (Fsp3) is 0.409. The Morgan fingerprint density at radius 3 is 2.14 bits per heavy atom. The Morgan fingerprint density at radius 2 is 1.57 bits per heavy atom. The zero-order chi connectivity index (χ0) is 20.5. The van der Waals surface area contributed by atoms with Crippen molar-refractivity contribution in [2.24, 2.45) is 11.8 Å². The molecule has 0 bridgehead atoms. The van der Waals surface area contributed by atoms with Crippen molar-refractivity contribution < 1.29 is 17.9 Å². The summed E-state index contributed by atoms with van der Waals surface area (Å²) in [6, 6.07) is 11.4. The third-order valence-corrected chi connectivity index (χ3v) is 7.10. The molecular weight excluding hydrogens is 374 g/mol. The van der Waals surface area contributed by atoms with E-state index in [1.165, 1.54) is 24.3 Å². The van der Waals surface area contributed by atoms with E-state index in [0.717, 1.165) is 17.5 Å². The van der Waals surface area contributed by atoms with Gasteiger partial charge in [-0.3, -0.25) is 0 Å². The van der Waals surface area contributed by atoms with Crippen LogP contribution >= 0.6 is 0 Å². The van der Waals surface area contributed by atoms with E-state index in [4.69, 9.17) is 4.74 Å². The number of hydrogen-bond acceptors (Lipinski definition) is 4. The van der Waals surface area contributed by atoms with Gasteiger partial charge in [0.15, 0.2) is 0 Å². The van der Waals surface area contributed by atoms with E-state index < -0.39 is 16.0 Å². The monoisotopic (exact) mass is 401 g/mol. The molecule has 0 spiro atoms. The van der Waals surface area contributed by atoms with Gasteiger partial charge in [0.25, 0.3) is 0 Å². The average molecular weight is 402 g/mol. The highest BCUT2D eigenvalue weighted by Gasteiger charge is 2.31. The Balaban J connectivity index is 1.75. The van der Waals surface area contributed by atoms with Gasteiger partial charge >= 0.3 is 5.97 Å². The number of carbonyl (C=O) groups excluding carboxylic acids is 1. The largest absolute Gasteiger partial charge is 0.423 e. The van der Waals surface area contributed by atoms with Crippen LogP contribution in [0.3, 0.4) is 0 Å². The SMILES string of the molecule is Cc1ccc(OC(=O)c2ccc(S(=O)(=O)N3C[C@H](C)C[C@@H](C)C3)cc2)cc1C. The Labute approximate surface area is 167 Å². The molecule has 0 radical (unpaired) electrons. The summed E-state index contributed by atoms with van der Waals surface area (Å²) < 4.78 is 32.8. The maximum atomic E-state index is 12.9. The third kappa shape index (κ3) is 4.45. The second-order valence-electron chi connectivity index (χ2n) is 7.93. The third-order valence-electron chi connectivity index (χ3n) is 5.25. The minimum atomic E-state index is -3.56. The van der Waals surface area contributed by atoms with Crippen LogP contribution in [0.25, 0.3) is 0 Å². The normalized spacial score (nSPS) is 20.7. The number of rotatable bonds is 4. The first-order valence-corrected chi connectivity index (χ1v) is 11.0. The topological polar surface area (TPSA) is 63.7 Å². The molecule has 5 nitrogen and oxygen atoms in total. The van der Waals surface area contributed by atoms with Crippen molar-refractivity contribution in [1.29, 1.82) is 0 Å². The van der Waals surface area contributed by atoms with E-state index in [9.17, 15) is 13.2 Å². The van der Waals surface area contributed by atoms with E-state index in [0.29, 0.717) is 36.2 Å². The van der Waals surface area contributed by atoms with Crippen molar-refractivity contribution in [1.82, 2.24) is 4.31 Å². The Kier molecular flexibility index (Phi) is 5.91. The van der Waals surface area contributed by atoms with Crippen LogP contribution in [0.1, 0.15) is 41.8 Å². The molecule has 0 aliphatic carbocycles. The number of piperidine rings is 1. The van der Waals surface area contributed by atoms with Crippen LogP contribution < -0.4 is 4.74 Å². The molecule has 0 unspecified atom stereocenters. The predicted molar refractivity (Wildman–Crippen MR) is 109 cm³/mol. The average Bonchev–Trinajstić information content (AvgIpc) is 2.64. The lowest BCUT2D eigenvalue weighted by atomic mass is 9.94. The van der Waals surface area contributed by atoms with Gasteiger partial charge in [0.2, 0.25) is 10.0 Å². The molecule has 0 saturated carbocycles. The summed E-state index contributed by atoms with van der Waals surface area (Å²) in [6.07, 6.45) is 1.04. The molecule has 150 valence electrons. The molecule has 3 rings (SSSR count). The van der Waals surface area contributed by atoms with Crippen molar-refractivity contribution in [3.63, 3.8) is 0 Å². The van der Waals surface area contributed by atoms with Gasteiger partial charge < -0.3 is 4.74 Å². The van der Waals surface area contributed by atoms with E-state index in [2.05, 4.69) is 13.8 Å². The summed E-state index contributed by atoms with van der Waals surface area (Å²) in [5.41, 5.74) is 2.48. The van der Waals surface area contributed by atoms with E-state index in [1.807, 2.05) is 26.0 Å². The first kappa shape index (κ1) is 20.6. The van der Waals surface area contributed by atoms with Gasteiger partial charge in [-0.25, -0.2) is 13.2 Å². The highest BCUT2D eigenvalue weighted by Crippen LogP contribution is 2.27. The van der Waals surface area contributed by atoms with Crippen molar-refractivity contribution in [2.75, 3.05) is 13.1 Å². The molecule has 1 saturated heterocycles. The maximum Gasteiger partial charge on any atom is 0.343 e. The fourth-order valence-corrected chi connectivity index (χ4v) is 5.34. The number of nitrogens with zero attached hydrogens (tertiary/aromatic N) is 1. The van der Waals surface area contributed by atoms with Crippen LogP contribution in [0.4, 0.5) is 0 Å². The van der Waals surface area contributed by atoms with Crippen molar-refractivity contribution in [3.05, 3.63) is 59.2 Å². The number of ether oxygens (including phenoxy) is 1. The summed E-state index contributed by atoms with van der Waals surface area (Å²) in [6.45, 7) is 9.15. The van der Waals surface area contributed by atoms with E-state index in [-0.39, 0.29) is 4.90 Å². The van der Waals surface area contributed by atoms with Crippen LogP contribution in [-0.4, -0.2) is 31.8 Å². The molecule has 1 aliphatic rings. The molecule has 6 heteroatoms. The van der Waals surface area contributed by atoms with Gasteiger partial charge in [-0.2, -0.15) is 4.31 Å². The Morgan fingerprint density at radius 1 is 0.964 bits per heavy atom.